The third-order valence-electron chi connectivity index (χ3n) is 7.73. The van der Waals surface area contributed by atoms with Crippen molar-refractivity contribution in [3.8, 4) is 22.9 Å². The zero-order valence-corrected chi connectivity index (χ0v) is 23.4. The van der Waals surface area contributed by atoms with E-state index in [1.54, 1.807) is 18.4 Å². The number of nitriles is 1. The summed E-state index contributed by atoms with van der Waals surface area (Å²) in [7, 11) is 3.67. The minimum absolute atomic E-state index is 0.0199. The second-order valence-electron chi connectivity index (χ2n) is 9.97. The third-order valence-corrected chi connectivity index (χ3v) is 9.48. The molecule has 3 aromatic rings. The number of carbonyl (C=O) groups excluding carboxylic acids is 1. The highest BCUT2D eigenvalue weighted by Crippen LogP contribution is 2.39. The molecule has 0 atom stereocenters. The SMILES string of the molecule is CNC1CCC(N(Cc2ccc(OC)c(-c3ccc(C#N)cc3)c2)C(=O)c2sc3c(c2Cl)C=CCC3)CC1. The number of rotatable bonds is 7. The van der Waals surface area contributed by atoms with Crippen molar-refractivity contribution in [1.82, 2.24) is 10.2 Å². The number of hydrogen-bond donors (Lipinski definition) is 1. The van der Waals surface area contributed by atoms with Crippen molar-refractivity contribution in [2.24, 2.45) is 0 Å². The first-order valence-electron chi connectivity index (χ1n) is 13.2. The molecule has 1 aromatic heterocycles. The fourth-order valence-electron chi connectivity index (χ4n) is 5.55. The summed E-state index contributed by atoms with van der Waals surface area (Å²) in [4.78, 5) is 18.0. The van der Waals surface area contributed by atoms with E-state index in [2.05, 4.69) is 29.6 Å². The molecule has 0 bridgehead atoms. The lowest BCUT2D eigenvalue weighted by Gasteiger charge is -2.37. The monoisotopic (exact) mass is 545 g/mol. The van der Waals surface area contributed by atoms with E-state index < -0.39 is 0 Å². The summed E-state index contributed by atoms with van der Waals surface area (Å²) in [6.07, 6.45) is 10.1. The van der Waals surface area contributed by atoms with Crippen LogP contribution in [0.3, 0.4) is 0 Å². The number of benzene rings is 2. The fourth-order valence-corrected chi connectivity index (χ4v) is 7.13. The summed E-state index contributed by atoms with van der Waals surface area (Å²) >= 11 is 8.35. The van der Waals surface area contributed by atoms with E-state index in [4.69, 9.17) is 16.3 Å². The molecule has 0 spiro atoms. The van der Waals surface area contributed by atoms with Crippen molar-refractivity contribution < 1.29 is 9.53 Å². The molecule has 38 heavy (non-hydrogen) atoms. The van der Waals surface area contributed by atoms with Crippen LogP contribution in [-0.4, -0.2) is 37.0 Å². The molecule has 0 radical (unpaired) electrons. The van der Waals surface area contributed by atoms with Gasteiger partial charge in [0.2, 0.25) is 0 Å². The quantitative estimate of drug-likeness (QED) is 0.344. The first kappa shape index (κ1) is 26.5. The average molecular weight is 546 g/mol. The molecule has 0 aliphatic heterocycles. The van der Waals surface area contributed by atoms with Crippen LogP contribution < -0.4 is 10.1 Å². The van der Waals surface area contributed by atoms with Gasteiger partial charge in [0, 0.05) is 34.6 Å². The molecule has 2 aromatic carbocycles. The smallest absolute Gasteiger partial charge is 0.266 e. The summed E-state index contributed by atoms with van der Waals surface area (Å²) in [5.74, 6) is 0.776. The Labute approximate surface area is 233 Å². The van der Waals surface area contributed by atoms with Crippen molar-refractivity contribution in [3.05, 3.63) is 80.0 Å². The molecule has 1 fully saturated rings. The van der Waals surface area contributed by atoms with Crippen LogP contribution in [0.15, 0.2) is 48.5 Å². The van der Waals surface area contributed by atoms with Crippen LogP contribution in [-0.2, 0) is 13.0 Å². The molecule has 196 valence electrons. The van der Waals surface area contributed by atoms with Gasteiger partial charge in [0.15, 0.2) is 0 Å². The maximum atomic E-state index is 14.1. The molecular formula is C31H32ClN3O2S. The number of nitrogens with one attached hydrogen (secondary N) is 1. The van der Waals surface area contributed by atoms with E-state index in [1.807, 2.05) is 48.3 Å². The molecule has 1 saturated carbocycles. The predicted octanol–water partition coefficient (Wildman–Crippen LogP) is 7.08. The standard InChI is InChI=1S/C31H32ClN3O2S/c1-34-23-12-14-24(15-13-23)35(31(36)30-29(32)25-5-3-4-6-28(25)38-30)19-21-9-16-27(37-2)26(17-21)22-10-7-20(18-33)8-11-22/h3,5,7-11,16-17,23-24,34H,4,6,12-15,19H2,1-2H3. The molecular weight excluding hydrogens is 514 g/mol. The van der Waals surface area contributed by atoms with Gasteiger partial charge in [0.05, 0.1) is 23.8 Å². The maximum Gasteiger partial charge on any atom is 0.266 e. The van der Waals surface area contributed by atoms with Crippen LogP contribution in [0.1, 0.15) is 63.3 Å². The van der Waals surface area contributed by atoms with E-state index in [9.17, 15) is 10.1 Å². The number of nitrogens with zero attached hydrogens (tertiary/aromatic N) is 2. The van der Waals surface area contributed by atoms with Crippen LogP contribution in [0.25, 0.3) is 17.2 Å². The van der Waals surface area contributed by atoms with Gasteiger partial charge < -0.3 is 15.0 Å². The van der Waals surface area contributed by atoms with Gasteiger partial charge in [-0.25, -0.2) is 0 Å². The van der Waals surface area contributed by atoms with Gasteiger partial charge in [-0.3, -0.25) is 4.79 Å². The lowest BCUT2D eigenvalue weighted by Crippen LogP contribution is -2.44. The largest absolute Gasteiger partial charge is 0.496 e. The summed E-state index contributed by atoms with van der Waals surface area (Å²) in [6, 6.07) is 16.4. The summed E-state index contributed by atoms with van der Waals surface area (Å²) in [5.41, 5.74) is 4.57. The third kappa shape index (κ3) is 5.37. The van der Waals surface area contributed by atoms with Gasteiger partial charge in [0.1, 0.15) is 10.6 Å². The van der Waals surface area contributed by atoms with Crippen LogP contribution in [0.4, 0.5) is 0 Å². The number of ether oxygens (including phenoxy) is 1. The zero-order chi connectivity index (χ0) is 26.6. The van der Waals surface area contributed by atoms with Crippen LogP contribution in [0.5, 0.6) is 5.75 Å². The van der Waals surface area contributed by atoms with Crippen molar-refractivity contribution in [1.29, 1.82) is 5.26 Å². The summed E-state index contributed by atoms with van der Waals surface area (Å²) in [5, 5.41) is 13.2. The molecule has 5 rings (SSSR count). The Kier molecular flexibility index (Phi) is 8.18. The number of aryl methyl sites for hydroxylation is 1. The number of fused-ring (bicyclic) bond motifs is 1. The highest BCUT2D eigenvalue weighted by atomic mass is 35.5. The molecule has 1 N–H and O–H groups in total. The zero-order valence-electron chi connectivity index (χ0n) is 21.8. The number of halogens is 1. The minimum atomic E-state index is 0.0199. The molecule has 2 aliphatic rings. The molecule has 1 heterocycles. The van der Waals surface area contributed by atoms with Gasteiger partial charge in [-0.2, -0.15) is 5.26 Å². The minimum Gasteiger partial charge on any atom is -0.496 e. The molecule has 5 nitrogen and oxygen atoms in total. The Morgan fingerprint density at radius 1 is 1.18 bits per heavy atom. The van der Waals surface area contributed by atoms with E-state index in [1.165, 1.54) is 4.88 Å². The van der Waals surface area contributed by atoms with Crippen LogP contribution in [0, 0.1) is 11.3 Å². The first-order valence-corrected chi connectivity index (χ1v) is 14.3. The summed E-state index contributed by atoms with van der Waals surface area (Å²) in [6.45, 7) is 0.496. The second kappa shape index (κ2) is 11.7. The highest BCUT2D eigenvalue weighted by molar-refractivity contribution is 7.15. The number of allylic oxidation sites excluding steroid dienone is 1. The Bertz CT molecular complexity index is 1380. The van der Waals surface area contributed by atoms with Crippen LogP contribution in [0.2, 0.25) is 5.02 Å². The summed E-state index contributed by atoms with van der Waals surface area (Å²) < 4.78 is 5.66. The van der Waals surface area contributed by atoms with Crippen molar-refractivity contribution in [2.45, 2.75) is 57.2 Å². The predicted molar refractivity (Wildman–Crippen MR) is 155 cm³/mol. The highest BCUT2D eigenvalue weighted by Gasteiger charge is 2.32. The number of amides is 1. The Morgan fingerprint density at radius 3 is 2.61 bits per heavy atom. The van der Waals surface area contributed by atoms with Gasteiger partial charge >= 0.3 is 0 Å². The maximum absolute atomic E-state index is 14.1. The Morgan fingerprint density at radius 2 is 1.95 bits per heavy atom. The topological polar surface area (TPSA) is 65.4 Å². The van der Waals surface area contributed by atoms with Crippen LogP contribution >= 0.6 is 22.9 Å². The number of carbonyl (C=O) groups is 1. The number of thiophene rings is 1. The van der Waals surface area contributed by atoms with Gasteiger partial charge in [-0.15, -0.1) is 11.3 Å². The second-order valence-corrected chi connectivity index (χ2v) is 11.5. The van der Waals surface area contributed by atoms with Gasteiger partial charge in [-0.05, 0) is 81.0 Å². The van der Waals surface area contributed by atoms with Crippen molar-refractivity contribution >= 4 is 34.9 Å². The molecule has 0 saturated heterocycles. The van der Waals surface area contributed by atoms with Crippen molar-refractivity contribution in [2.75, 3.05) is 14.2 Å². The van der Waals surface area contributed by atoms with E-state index in [0.717, 1.165) is 66.5 Å². The molecule has 7 heteroatoms. The van der Waals surface area contributed by atoms with E-state index >= 15 is 0 Å². The normalized spacial score (nSPS) is 18.5. The number of hydrogen-bond acceptors (Lipinski definition) is 5. The van der Waals surface area contributed by atoms with E-state index in [-0.39, 0.29) is 11.9 Å². The van der Waals surface area contributed by atoms with Gasteiger partial charge in [0.25, 0.3) is 5.91 Å². The molecule has 1 amide bonds. The Balaban J connectivity index is 1.49. The van der Waals surface area contributed by atoms with Gasteiger partial charge in [-0.1, -0.05) is 42.0 Å². The molecule has 0 unspecified atom stereocenters. The average Bonchev–Trinajstić information content (AvgIpc) is 3.32. The lowest BCUT2D eigenvalue weighted by atomic mass is 9.89. The van der Waals surface area contributed by atoms with Crippen molar-refractivity contribution in [3.63, 3.8) is 0 Å². The first-order chi connectivity index (χ1) is 18.5. The Hall–Kier alpha value is -3.11. The lowest BCUT2D eigenvalue weighted by molar-refractivity contribution is 0.0606. The molecule has 2 aliphatic carbocycles. The number of methoxy groups -OCH3 is 1. The fraction of sp³-hybridized carbons (Fsp3) is 0.355. The van der Waals surface area contributed by atoms with E-state index in [0.29, 0.717) is 28.0 Å².